The number of hydrogen-bond donors (Lipinski definition) is 0. The highest BCUT2D eigenvalue weighted by atomic mass is 28.4. The van der Waals surface area contributed by atoms with Gasteiger partial charge in [-0.25, -0.2) is 0 Å². The maximum Gasteiger partial charge on any atom is 0.184 e. The lowest BCUT2D eigenvalue weighted by Gasteiger charge is -2.63. The Morgan fingerprint density at radius 1 is 0.755 bits per heavy atom. The average molecular weight is 826 g/mol. The standard InChI is InChI=1S/C42H84O6Si5/c1-30(36(44-49(6,7)8)23-24-39(2,3)47-52(15,16)17)31-22-26-42(48-53(18,19)20)33-27-35(43)34-28-37(45-50(9,10)11)38(46-51(12,13)14)29-40(34,4)32(33)21-25-41(31,42)5/h27,30-32,34,36-38H,21-26,28-29H2,1-20H3. The van der Waals surface area contributed by atoms with Crippen LogP contribution < -0.4 is 0 Å². The van der Waals surface area contributed by atoms with Crippen molar-refractivity contribution in [3.05, 3.63) is 11.6 Å². The van der Waals surface area contributed by atoms with Crippen molar-refractivity contribution >= 4 is 47.4 Å². The minimum Gasteiger partial charge on any atom is -0.414 e. The molecule has 3 saturated carbocycles. The molecule has 10 unspecified atom stereocenters. The molecule has 4 aliphatic rings. The lowest BCUT2D eigenvalue weighted by Crippen LogP contribution is -2.64. The summed E-state index contributed by atoms with van der Waals surface area (Å²) in [6.45, 7) is 46.7. The van der Waals surface area contributed by atoms with Crippen molar-refractivity contribution in [3.63, 3.8) is 0 Å². The molecule has 0 N–H and O–H groups in total. The largest absolute Gasteiger partial charge is 0.414 e. The molecule has 0 aromatic rings. The summed E-state index contributed by atoms with van der Waals surface area (Å²) in [6.07, 6.45) is 10.2. The van der Waals surface area contributed by atoms with Crippen LogP contribution in [0.5, 0.6) is 0 Å². The van der Waals surface area contributed by atoms with Crippen molar-refractivity contribution in [2.45, 2.75) is 214 Å². The van der Waals surface area contributed by atoms with Crippen LogP contribution >= 0.6 is 0 Å². The molecule has 6 nitrogen and oxygen atoms in total. The molecule has 4 aliphatic carbocycles. The van der Waals surface area contributed by atoms with Gasteiger partial charge in [0.1, 0.15) is 0 Å². The highest BCUT2D eigenvalue weighted by molar-refractivity contribution is 6.71. The molecule has 0 aliphatic heterocycles. The second kappa shape index (κ2) is 15.2. The number of allylic oxidation sites excluding steroid dienone is 1. The van der Waals surface area contributed by atoms with E-state index in [1.165, 1.54) is 5.57 Å². The van der Waals surface area contributed by atoms with E-state index in [9.17, 15) is 4.79 Å². The summed E-state index contributed by atoms with van der Waals surface area (Å²) < 4.78 is 35.5. The summed E-state index contributed by atoms with van der Waals surface area (Å²) in [5.74, 6) is 1.37. The smallest absolute Gasteiger partial charge is 0.184 e. The number of fused-ring (bicyclic) bond motifs is 5. The maximum atomic E-state index is 14.7. The second-order valence-corrected chi connectivity index (χ2v) is 46.1. The fraction of sp³-hybridized carbons (Fsp3) is 0.929. The highest BCUT2D eigenvalue weighted by Crippen LogP contribution is 2.70. The van der Waals surface area contributed by atoms with Crippen LogP contribution in [0.25, 0.3) is 0 Å². The molecule has 308 valence electrons. The van der Waals surface area contributed by atoms with Gasteiger partial charge in [-0.05, 0) is 198 Å². The molecular weight excluding hydrogens is 741 g/mol. The first kappa shape index (κ1) is 46.0. The predicted octanol–water partition coefficient (Wildman–Crippen LogP) is 12.0. The first-order chi connectivity index (χ1) is 23.6. The first-order valence-corrected chi connectivity index (χ1v) is 38.3. The van der Waals surface area contributed by atoms with Gasteiger partial charge >= 0.3 is 0 Å². The van der Waals surface area contributed by atoms with Gasteiger partial charge in [0.05, 0.1) is 23.4 Å². The average Bonchev–Trinajstić information content (AvgIpc) is 3.19. The Morgan fingerprint density at radius 3 is 1.83 bits per heavy atom. The van der Waals surface area contributed by atoms with E-state index in [0.29, 0.717) is 23.5 Å². The lowest BCUT2D eigenvalue weighted by molar-refractivity contribution is -0.148. The Bertz CT molecular complexity index is 1350. The summed E-state index contributed by atoms with van der Waals surface area (Å²) in [5, 5.41) is 0. The van der Waals surface area contributed by atoms with Gasteiger partial charge in [0.2, 0.25) is 0 Å². The van der Waals surface area contributed by atoms with E-state index in [4.69, 9.17) is 22.1 Å². The number of carbonyl (C=O) groups excluding carboxylic acids is 1. The third-order valence-corrected chi connectivity index (χ3v) is 18.1. The van der Waals surface area contributed by atoms with Crippen molar-refractivity contribution in [3.8, 4) is 0 Å². The summed E-state index contributed by atoms with van der Waals surface area (Å²) in [7, 11) is -9.32. The van der Waals surface area contributed by atoms with Crippen LogP contribution in [0.1, 0.15) is 86.0 Å². The monoisotopic (exact) mass is 825 g/mol. The Hall–Kier alpha value is 0.294. The van der Waals surface area contributed by atoms with E-state index >= 15 is 0 Å². The minimum atomic E-state index is -2.05. The van der Waals surface area contributed by atoms with Crippen LogP contribution in [-0.4, -0.2) is 76.9 Å². The van der Waals surface area contributed by atoms with Gasteiger partial charge in [0.25, 0.3) is 0 Å². The molecule has 11 heteroatoms. The molecule has 0 amide bonds. The highest BCUT2D eigenvalue weighted by Gasteiger charge is 2.69. The number of hydrogen-bond acceptors (Lipinski definition) is 6. The van der Waals surface area contributed by atoms with Crippen molar-refractivity contribution in [1.82, 2.24) is 0 Å². The van der Waals surface area contributed by atoms with E-state index in [1.54, 1.807) is 0 Å². The van der Waals surface area contributed by atoms with Crippen LogP contribution in [0, 0.1) is 34.5 Å². The molecular formula is C42H84O6Si5. The third-order valence-electron chi connectivity index (χ3n) is 12.9. The van der Waals surface area contributed by atoms with Gasteiger partial charge < -0.3 is 22.1 Å². The van der Waals surface area contributed by atoms with Crippen molar-refractivity contribution in [2.24, 2.45) is 34.5 Å². The quantitative estimate of drug-likeness (QED) is 0.153. The van der Waals surface area contributed by atoms with Crippen molar-refractivity contribution < 1.29 is 26.9 Å². The Kier molecular flexibility index (Phi) is 13.1. The van der Waals surface area contributed by atoms with Crippen LogP contribution in [0.2, 0.25) is 98.2 Å². The summed E-state index contributed by atoms with van der Waals surface area (Å²) in [5.41, 5.74) is 0.445. The fourth-order valence-corrected chi connectivity index (χ4v) is 18.4. The molecule has 0 heterocycles. The third kappa shape index (κ3) is 10.7. The molecule has 0 aromatic heterocycles. The van der Waals surface area contributed by atoms with Gasteiger partial charge in [-0.3, -0.25) is 4.79 Å². The van der Waals surface area contributed by atoms with Gasteiger partial charge in [-0.1, -0.05) is 20.8 Å². The van der Waals surface area contributed by atoms with Gasteiger partial charge in [-0.15, -0.1) is 0 Å². The van der Waals surface area contributed by atoms with Crippen molar-refractivity contribution in [2.75, 3.05) is 0 Å². The normalized spacial score (nSPS) is 35.7. The number of rotatable bonds is 15. The van der Waals surface area contributed by atoms with E-state index in [-0.39, 0.29) is 40.7 Å². The zero-order valence-corrected chi connectivity index (χ0v) is 43.2. The molecule has 0 aromatic carbocycles. The zero-order valence-electron chi connectivity index (χ0n) is 38.2. The predicted molar refractivity (Wildman–Crippen MR) is 236 cm³/mol. The summed E-state index contributed by atoms with van der Waals surface area (Å²) >= 11 is 0. The molecule has 0 saturated heterocycles. The fourth-order valence-electron chi connectivity index (χ4n) is 11.6. The van der Waals surface area contributed by atoms with Crippen LogP contribution in [0.3, 0.4) is 0 Å². The number of carbonyl (C=O) groups is 1. The molecule has 0 bridgehead atoms. The van der Waals surface area contributed by atoms with Gasteiger partial charge in [0.15, 0.2) is 47.4 Å². The first-order valence-electron chi connectivity index (χ1n) is 21.3. The second-order valence-electron chi connectivity index (χ2n) is 23.9. The Balaban J connectivity index is 1.76. The number of ketones is 1. The summed E-state index contributed by atoms with van der Waals surface area (Å²) in [6, 6.07) is 0. The topological polar surface area (TPSA) is 63.2 Å². The maximum absolute atomic E-state index is 14.7. The van der Waals surface area contributed by atoms with Crippen LogP contribution in [0.4, 0.5) is 0 Å². The van der Waals surface area contributed by atoms with Gasteiger partial charge in [0, 0.05) is 17.4 Å². The van der Waals surface area contributed by atoms with Crippen LogP contribution in [0.15, 0.2) is 11.6 Å². The molecule has 53 heavy (non-hydrogen) atoms. The van der Waals surface area contributed by atoms with Crippen LogP contribution in [-0.2, 0) is 26.9 Å². The molecule has 0 radical (unpaired) electrons. The molecule has 3 fully saturated rings. The van der Waals surface area contributed by atoms with E-state index in [2.05, 4.69) is 139 Å². The van der Waals surface area contributed by atoms with E-state index in [1.807, 2.05) is 0 Å². The molecule has 4 rings (SSSR count). The van der Waals surface area contributed by atoms with E-state index in [0.717, 1.165) is 51.4 Å². The van der Waals surface area contributed by atoms with Crippen molar-refractivity contribution in [1.29, 1.82) is 0 Å². The minimum absolute atomic E-state index is 0.0208. The molecule has 10 atom stereocenters. The SMILES string of the molecule is CC(C(CCC(C)(C)O[Si](C)(C)C)O[Si](C)(C)C)C1CCC2(O[Si](C)(C)C)C3=CC(=O)C4CC(O[Si](C)(C)C)C(O[Si](C)(C)C)CC4(C)C3CCC12C. The van der Waals surface area contributed by atoms with E-state index < -0.39 is 47.2 Å². The zero-order chi connectivity index (χ0) is 40.6. The lowest BCUT2D eigenvalue weighted by atomic mass is 9.46. The Morgan fingerprint density at radius 2 is 1.32 bits per heavy atom. The Labute approximate surface area is 332 Å². The summed E-state index contributed by atoms with van der Waals surface area (Å²) in [4.78, 5) is 14.7. The molecule has 0 spiro atoms. The van der Waals surface area contributed by atoms with Gasteiger partial charge in [-0.2, -0.15) is 0 Å².